The van der Waals surface area contributed by atoms with Crippen LogP contribution in [0.4, 0.5) is 0 Å². The lowest BCUT2D eigenvalue weighted by molar-refractivity contribution is 0.0358. The van der Waals surface area contributed by atoms with Crippen molar-refractivity contribution in [1.82, 2.24) is 10.4 Å². The van der Waals surface area contributed by atoms with E-state index in [1.54, 1.807) is 18.2 Å². The van der Waals surface area contributed by atoms with Gasteiger partial charge in [0.1, 0.15) is 5.75 Å². The van der Waals surface area contributed by atoms with Gasteiger partial charge in [-0.2, -0.15) is 0 Å². The molecule has 0 bridgehead atoms. The first kappa shape index (κ1) is 21.8. The standard InChI is InChI=1S/C22H27ClN2O3/c1-14-10-15(2)12-16(11-14)21(27)25(22(3,4)5)24-20(26)17-8-7-9-19(28-6)18(17)13-23/h7-12H,13H2,1-6H3,(H,24,26). The number of carbonyl (C=O) groups excluding carboxylic acids is 2. The van der Waals surface area contributed by atoms with Crippen LogP contribution in [0.15, 0.2) is 36.4 Å². The zero-order valence-corrected chi connectivity index (χ0v) is 18.0. The number of hydrogen-bond donors (Lipinski definition) is 1. The SMILES string of the molecule is COc1cccc(C(=O)NN(C(=O)c2cc(C)cc(C)c2)C(C)(C)C)c1CCl. The summed E-state index contributed by atoms with van der Waals surface area (Å²) in [4.78, 5) is 26.2. The average molecular weight is 403 g/mol. The number of ether oxygens (including phenoxy) is 1. The number of methoxy groups -OCH3 is 1. The van der Waals surface area contributed by atoms with Crippen molar-refractivity contribution in [3.63, 3.8) is 0 Å². The van der Waals surface area contributed by atoms with Gasteiger partial charge in [-0.15, -0.1) is 11.6 Å². The summed E-state index contributed by atoms with van der Waals surface area (Å²) in [5.41, 5.74) is 5.58. The van der Waals surface area contributed by atoms with Crippen molar-refractivity contribution in [2.24, 2.45) is 0 Å². The van der Waals surface area contributed by atoms with Crippen molar-refractivity contribution in [3.8, 4) is 5.75 Å². The average Bonchev–Trinajstić information content (AvgIpc) is 2.62. The van der Waals surface area contributed by atoms with Gasteiger partial charge in [0.25, 0.3) is 11.8 Å². The third-order valence-corrected chi connectivity index (χ3v) is 4.55. The van der Waals surface area contributed by atoms with Crippen molar-refractivity contribution in [1.29, 1.82) is 0 Å². The number of hydrogen-bond acceptors (Lipinski definition) is 3. The maximum atomic E-state index is 13.2. The summed E-state index contributed by atoms with van der Waals surface area (Å²) in [7, 11) is 1.53. The summed E-state index contributed by atoms with van der Waals surface area (Å²) in [5.74, 6) is -0.0383. The van der Waals surface area contributed by atoms with Gasteiger partial charge in [0.15, 0.2) is 0 Å². The highest BCUT2D eigenvalue weighted by molar-refractivity contribution is 6.18. The van der Waals surface area contributed by atoms with Crippen molar-refractivity contribution in [2.75, 3.05) is 7.11 Å². The topological polar surface area (TPSA) is 58.6 Å². The van der Waals surface area contributed by atoms with Gasteiger partial charge in [-0.25, -0.2) is 5.01 Å². The summed E-state index contributed by atoms with van der Waals surface area (Å²) in [5, 5.41) is 1.36. The minimum absolute atomic E-state index is 0.118. The van der Waals surface area contributed by atoms with E-state index in [-0.39, 0.29) is 11.8 Å². The van der Waals surface area contributed by atoms with E-state index >= 15 is 0 Å². The van der Waals surface area contributed by atoms with Crippen LogP contribution < -0.4 is 10.2 Å². The second-order valence-electron chi connectivity index (χ2n) is 7.75. The minimum Gasteiger partial charge on any atom is -0.496 e. The maximum Gasteiger partial charge on any atom is 0.272 e. The molecule has 5 nitrogen and oxygen atoms in total. The van der Waals surface area contributed by atoms with Crippen LogP contribution in [0.1, 0.15) is 58.2 Å². The highest BCUT2D eigenvalue weighted by atomic mass is 35.5. The Hall–Kier alpha value is -2.53. The van der Waals surface area contributed by atoms with E-state index < -0.39 is 11.4 Å². The fourth-order valence-corrected chi connectivity index (χ4v) is 3.30. The molecule has 0 fully saturated rings. The predicted octanol–water partition coefficient (Wildman–Crippen LogP) is 4.64. The van der Waals surface area contributed by atoms with Crippen LogP contribution in [0, 0.1) is 13.8 Å². The van der Waals surface area contributed by atoms with Crippen LogP contribution in [-0.4, -0.2) is 29.5 Å². The quantitative estimate of drug-likeness (QED) is 0.598. The fourth-order valence-electron chi connectivity index (χ4n) is 3.02. The lowest BCUT2D eigenvalue weighted by Gasteiger charge is -2.35. The third-order valence-electron chi connectivity index (χ3n) is 4.29. The van der Waals surface area contributed by atoms with Gasteiger partial charge in [0, 0.05) is 16.7 Å². The van der Waals surface area contributed by atoms with Crippen molar-refractivity contribution < 1.29 is 14.3 Å². The highest BCUT2D eigenvalue weighted by Gasteiger charge is 2.30. The maximum absolute atomic E-state index is 13.2. The van der Waals surface area contributed by atoms with E-state index in [1.807, 2.05) is 52.8 Å². The Bertz CT molecular complexity index is 868. The van der Waals surface area contributed by atoms with Crippen molar-refractivity contribution in [2.45, 2.75) is 46.0 Å². The van der Waals surface area contributed by atoms with Crippen LogP contribution in [0.25, 0.3) is 0 Å². The molecule has 0 saturated heterocycles. The summed E-state index contributed by atoms with van der Waals surface area (Å²) >= 11 is 6.04. The summed E-state index contributed by atoms with van der Waals surface area (Å²) < 4.78 is 5.30. The van der Waals surface area contributed by atoms with E-state index in [2.05, 4.69) is 5.43 Å². The van der Waals surface area contributed by atoms with E-state index in [0.29, 0.717) is 22.4 Å². The minimum atomic E-state index is -0.635. The Morgan fingerprint density at radius 1 is 1.11 bits per heavy atom. The molecule has 0 spiro atoms. The molecule has 6 heteroatoms. The van der Waals surface area contributed by atoms with Crippen LogP contribution in [-0.2, 0) is 5.88 Å². The summed E-state index contributed by atoms with van der Waals surface area (Å²) in [6, 6.07) is 10.8. The van der Waals surface area contributed by atoms with Crippen LogP contribution in [0.2, 0.25) is 0 Å². The Balaban J connectivity index is 2.41. The number of benzene rings is 2. The van der Waals surface area contributed by atoms with Gasteiger partial charge in [0.05, 0.1) is 18.5 Å². The van der Waals surface area contributed by atoms with Crippen LogP contribution in [0.3, 0.4) is 0 Å². The Labute approximate surface area is 171 Å². The van der Waals surface area contributed by atoms with Gasteiger partial charge in [-0.05, 0) is 58.9 Å². The number of hydrazine groups is 1. The molecule has 2 aromatic rings. The first-order valence-corrected chi connectivity index (χ1v) is 9.57. The highest BCUT2D eigenvalue weighted by Crippen LogP contribution is 2.25. The number of carbonyl (C=O) groups is 2. The Morgan fingerprint density at radius 3 is 2.21 bits per heavy atom. The first-order valence-electron chi connectivity index (χ1n) is 9.04. The van der Waals surface area contributed by atoms with Crippen LogP contribution in [0.5, 0.6) is 5.75 Å². The number of amides is 2. The van der Waals surface area contributed by atoms with E-state index in [1.165, 1.54) is 12.1 Å². The summed E-state index contributed by atoms with van der Waals surface area (Å²) in [6.07, 6.45) is 0. The molecule has 1 N–H and O–H groups in total. The molecule has 2 rings (SSSR count). The molecule has 0 unspecified atom stereocenters. The zero-order chi connectivity index (χ0) is 21.1. The number of nitrogens with one attached hydrogen (secondary N) is 1. The Morgan fingerprint density at radius 2 is 1.71 bits per heavy atom. The molecule has 0 atom stereocenters. The van der Waals surface area contributed by atoms with Gasteiger partial charge >= 0.3 is 0 Å². The fraction of sp³-hybridized carbons (Fsp3) is 0.364. The lowest BCUT2D eigenvalue weighted by Crippen LogP contribution is -2.56. The second kappa shape index (κ2) is 8.65. The monoisotopic (exact) mass is 402 g/mol. The molecule has 0 heterocycles. The number of nitrogens with zero attached hydrogens (tertiary/aromatic N) is 1. The van der Waals surface area contributed by atoms with Crippen LogP contribution >= 0.6 is 11.6 Å². The van der Waals surface area contributed by atoms with Crippen molar-refractivity contribution in [3.05, 3.63) is 64.2 Å². The van der Waals surface area contributed by atoms with Gasteiger partial charge in [-0.3, -0.25) is 15.0 Å². The molecular formula is C22H27ClN2O3. The molecule has 28 heavy (non-hydrogen) atoms. The number of halogens is 1. The van der Waals surface area contributed by atoms with E-state index in [0.717, 1.165) is 11.1 Å². The molecular weight excluding hydrogens is 376 g/mol. The van der Waals surface area contributed by atoms with Crippen molar-refractivity contribution >= 4 is 23.4 Å². The van der Waals surface area contributed by atoms with Gasteiger partial charge in [0.2, 0.25) is 0 Å². The van der Waals surface area contributed by atoms with Gasteiger partial charge < -0.3 is 4.74 Å². The zero-order valence-electron chi connectivity index (χ0n) is 17.2. The van der Waals surface area contributed by atoms with Gasteiger partial charge in [-0.1, -0.05) is 23.3 Å². The molecule has 2 amide bonds. The molecule has 0 saturated carbocycles. The molecule has 0 aliphatic carbocycles. The lowest BCUT2D eigenvalue weighted by atomic mass is 10.0. The third kappa shape index (κ3) is 4.84. The molecule has 2 aromatic carbocycles. The number of aryl methyl sites for hydroxylation is 2. The van der Waals surface area contributed by atoms with E-state index in [4.69, 9.17) is 16.3 Å². The van der Waals surface area contributed by atoms with E-state index in [9.17, 15) is 9.59 Å². The number of rotatable bonds is 4. The smallest absolute Gasteiger partial charge is 0.272 e. The molecule has 0 aliphatic rings. The molecule has 0 aromatic heterocycles. The Kier molecular flexibility index (Phi) is 6.73. The predicted molar refractivity (Wildman–Crippen MR) is 112 cm³/mol. The molecule has 0 aliphatic heterocycles. The second-order valence-corrected chi connectivity index (χ2v) is 8.02. The first-order chi connectivity index (χ1) is 13.1. The largest absolute Gasteiger partial charge is 0.496 e. The molecule has 150 valence electrons. The molecule has 0 radical (unpaired) electrons. The normalized spacial score (nSPS) is 11.1. The summed E-state index contributed by atoms with van der Waals surface area (Å²) in [6.45, 7) is 9.46. The number of alkyl halides is 1.